The molecule has 6 heteroatoms. The number of fused-ring (bicyclic) bond motifs is 2. The van der Waals surface area contributed by atoms with Crippen LogP contribution in [0.1, 0.15) is 28.7 Å². The van der Waals surface area contributed by atoms with E-state index in [-0.39, 0.29) is 12.2 Å². The number of ketones is 1. The zero-order chi connectivity index (χ0) is 18.8. The number of para-hydroxylation sites is 2. The summed E-state index contributed by atoms with van der Waals surface area (Å²) in [4.78, 5) is 32.4. The monoisotopic (exact) mass is 378 g/mol. The first kappa shape index (κ1) is 17.4. The fourth-order valence-corrected chi connectivity index (χ4v) is 4.01. The van der Waals surface area contributed by atoms with Gasteiger partial charge in [0.1, 0.15) is 0 Å². The number of ether oxygens (including phenoxy) is 1. The van der Waals surface area contributed by atoms with Crippen molar-refractivity contribution in [2.45, 2.75) is 25.9 Å². The number of aromatic nitrogens is 2. The predicted molar refractivity (Wildman–Crippen MR) is 106 cm³/mol. The number of esters is 1. The van der Waals surface area contributed by atoms with E-state index in [0.29, 0.717) is 12.0 Å². The van der Waals surface area contributed by atoms with Crippen LogP contribution in [-0.4, -0.2) is 27.8 Å². The number of nitrogens with zero attached hydrogens (tertiary/aromatic N) is 1. The van der Waals surface area contributed by atoms with Gasteiger partial charge >= 0.3 is 5.97 Å². The second-order valence-corrected chi connectivity index (χ2v) is 7.43. The average Bonchev–Trinajstić information content (AvgIpc) is 3.29. The maximum Gasteiger partial charge on any atom is 0.306 e. The molecule has 0 aliphatic carbocycles. The lowest BCUT2D eigenvalue weighted by Gasteiger charge is -2.11. The average molecular weight is 378 g/mol. The lowest BCUT2D eigenvalue weighted by atomic mass is 10.1. The van der Waals surface area contributed by atoms with Crippen molar-refractivity contribution in [3.8, 4) is 0 Å². The smallest absolute Gasteiger partial charge is 0.306 e. The number of rotatable bonds is 6. The molecule has 0 fully saturated rings. The third-order valence-corrected chi connectivity index (χ3v) is 5.51. The van der Waals surface area contributed by atoms with Gasteiger partial charge < -0.3 is 9.72 Å². The van der Waals surface area contributed by atoms with Crippen molar-refractivity contribution in [1.82, 2.24) is 9.97 Å². The number of benzene rings is 2. The normalized spacial score (nSPS) is 12.3. The van der Waals surface area contributed by atoms with Gasteiger partial charge in [0.15, 0.2) is 6.10 Å². The molecule has 0 saturated heterocycles. The number of carbonyl (C=O) groups is 2. The summed E-state index contributed by atoms with van der Waals surface area (Å²) in [5, 5.41) is 1.73. The third-order valence-electron chi connectivity index (χ3n) is 4.41. The summed E-state index contributed by atoms with van der Waals surface area (Å²) >= 11 is 1.57. The molecule has 0 spiro atoms. The minimum Gasteiger partial charge on any atom is -0.454 e. The van der Waals surface area contributed by atoms with Gasteiger partial charge in [0.25, 0.3) is 0 Å². The third kappa shape index (κ3) is 3.61. The van der Waals surface area contributed by atoms with Crippen LogP contribution in [-0.2, 0) is 16.0 Å². The molecular formula is C21H18N2O3S. The maximum absolute atomic E-state index is 12.6. The minimum absolute atomic E-state index is 0.200. The number of hydrogen-bond acceptors (Lipinski definition) is 5. The number of nitrogens with one attached hydrogen (secondary N) is 1. The van der Waals surface area contributed by atoms with E-state index in [4.69, 9.17) is 4.74 Å². The largest absolute Gasteiger partial charge is 0.454 e. The standard InChI is InChI=1S/C21H18N2O3S/c1-13(21(25)15-12-22-16-7-3-2-6-14(15)16)26-20(24)11-10-19-23-17-8-4-5-9-18(17)27-19/h2-9,12-13,22H,10-11H2,1H3/t13-/m0/s1. The molecule has 2 aromatic heterocycles. The van der Waals surface area contributed by atoms with E-state index < -0.39 is 12.1 Å². The summed E-state index contributed by atoms with van der Waals surface area (Å²) in [5.74, 6) is -0.601. The SMILES string of the molecule is C[C@H](OC(=O)CCc1nc2ccccc2s1)C(=O)c1c[nH]c2ccccc12. The summed E-state index contributed by atoms with van der Waals surface area (Å²) in [5.41, 5.74) is 2.36. The van der Waals surface area contributed by atoms with Crippen molar-refractivity contribution < 1.29 is 14.3 Å². The Bertz CT molecular complexity index is 1100. The first-order chi connectivity index (χ1) is 13.1. The molecule has 0 unspecified atom stereocenters. The summed E-state index contributed by atoms with van der Waals surface area (Å²) in [7, 11) is 0. The highest BCUT2D eigenvalue weighted by Crippen LogP contribution is 2.23. The highest BCUT2D eigenvalue weighted by Gasteiger charge is 2.22. The lowest BCUT2D eigenvalue weighted by molar-refractivity contribution is -0.146. The quantitative estimate of drug-likeness (QED) is 0.395. The molecule has 5 nitrogen and oxygen atoms in total. The number of carbonyl (C=O) groups excluding carboxylic acids is 2. The van der Waals surface area contributed by atoms with Crippen molar-refractivity contribution in [3.05, 3.63) is 65.3 Å². The van der Waals surface area contributed by atoms with Gasteiger partial charge in [0.05, 0.1) is 21.6 Å². The molecule has 0 aliphatic rings. The zero-order valence-corrected chi connectivity index (χ0v) is 15.6. The zero-order valence-electron chi connectivity index (χ0n) is 14.8. The van der Waals surface area contributed by atoms with E-state index in [2.05, 4.69) is 9.97 Å². The van der Waals surface area contributed by atoms with E-state index in [1.54, 1.807) is 24.5 Å². The number of aryl methyl sites for hydroxylation is 1. The van der Waals surface area contributed by atoms with Crippen LogP contribution in [0.15, 0.2) is 54.7 Å². The van der Waals surface area contributed by atoms with Crippen LogP contribution >= 0.6 is 11.3 Å². The van der Waals surface area contributed by atoms with Crippen molar-refractivity contribution in [2.75, 3.05) is 0 Å². The van der Waals surface area contributed by atoms with Gasteiger partial charge in [0.2, 0.25) is 5.78 Å². The molecule has 4 rings (SSSR count). The predicted octanol–water partition coefficient (Wildman–Crippen LogP) is 4.52. The summed E-state index contributed by atoms with van der Waals surface area (Å²) in [6, 6.07) is 15.4. The van der Waals surface area contributed by atoms with Crippen molar-refractivity contribution in [3.63, 3.8) is 0 Å². The van der Waals surface area contributed by atoms with Crippen LogP contribution < -0.4 is 0 Å². The first-order valence-electron chi connectivity index (χ1n) is 8.76. The van der Waals surface area contributed by atoms with Gasteiger partial charge in [-0.25, -0.2) is 4.98 Å². The molecule has 0 bridgehead atoms. The van der Waals surface area contributed by atoms with Crippen LogP contribution in [0, 0.1) is 0 Å². The van der Waals surface area contributed by atoms with Crippen LogP contribution in [0.4, 0.5) is 0 Å². The summed E-state index contributed by atoms with van der Waals surface area (Å²) in [6.07, 6.45) is 1.54. The fraction of sp³-hybridized carbons (Fsp3) is 0.190. The Morgan fingerprint density at radius 1 is 1.15 bits per heavy atom. The molecule has 4 aromatic rings. The van der Waals surface area contributed by atoms with Gasteiger partial charge in [-0.3, -0.25) is 9.59 Å². The molecule has 1 N–H and O–H groups in total. The Kier molecular flexibility index (Phi) is 4.73. The topological polar surface area (TPSA) is 72.0 Å². The highest BCUT2D eigenvalue weighted by molar-refractivity contribution is 7.18. The molecule has 1 atom stereocenters. The summed E-state index contributed by atoms with van der Waals surface area (Å²) in [6.45, 7) is 1.61. The van der Waals surface area contributed by atoms with Crippen molar-refractivity contribution in [1.29, 1.82) is 0 Å². The van der Waals surface area contributed by atoms with Gasteiger partial charge in [-0.05, 0) is 25.1 Å². The number of aromatic amines is 1. The Labute approximate surface area is 160 Å². The van der Waals surface area contributed by atoms with Gasteiger partial charge in [-0.1, -0.05) is 30.3 Å². The Morgan fingerprint density at radius 2 is 1.93 bits per heavy atom. The molecule has 0 saturated carbocycles. The highest BCUT2D eigenvalue weighted by atomic mass is 32.1. The molecule has 136 valence electrons. The van der Waals surface area contributed by atoms with E-state index in [1.807, 2.05) is 48.5 Å². The maximum atomic E-state index is 12.6. The molecule has 0 radical (unpaired) electrons. The molecular weight excluding hydrogens is 360 g/mol. The van der Waals surface area contributed by atoms with E-state index in [0.717, 1.165) is 26.1 Å². The molecule has 2 aromatic carbocycles. The summed E-state index contributed by atoms with van der Waals surface area (Å²) < 4.78 is 6.46. The minimum atomic E-state index is -0.827. The molecule has 0 amide bonds. The second kappa shape index (κ2) is 7.32. The van der Waals surface area contributed by atoms with Gasteiger partial charge in [-0.15, -0.1) is 11.3 Å². The van der Waals surface area contributed by atoms with E-state index in [9.17, 15) is 9.59 Å². The van der Waals surface area contributed by atoms with Crippen molar-refractivity contribution >= 4 is 44.2 Å². The Balaban J connectivity index is 1.37. The number of hydrogen-bond donors (Lipinski definition) is 1. The van der Waals surface area contributed by atoms with Gasteiger partial charge in [-0.2, -0.15) is 0 Å². The number of H-pyrrole nitrogens is 1. The van der Waals surface area contributed by atoms with Gasteiger partial charge in [0, 0.05) is 29.1 Å². The number of Topliss-reactive ketones (excluding diaryl/α,β-unsaturated/α-hetero) is 1. The molecule has 27 heavy (non-hydrogen) atoms. The van der Waals surface area contributed by atoms with Crippen molar-refractivity contribution in [2.24, 2.45) is 0 Å². The van der Waals surface area contributed by atoms with Crippen LogP contribution in [0.25, 0.3) is 21.1 Å². The Morgan fingerprint density at radius 3 is 2.78 bits per heavy atom. The molecule has 0 aliphatic heterocycles. The van der Waals surface area contributed by atoms with Crippen LogP contribution in [0.5, 0.6) is 0 Å². The molecule has 2 heterocycles. The van der Waals surface area contributed by atoms with Crippen LogP contribution in [0.3, 0.4) is 0 Å². The van der Waals surface area contributed by atoms with E-state index >= 15 is 0 Å². The van der Waals surface area contributed by atoms with E-state index in [1.165, 1.54) is 0 Å². The van der Waals surface area contributed by atoms with Crippen LogP contribution in [0.2, 0.25) is 0 Å². The number of thiazole rings is 1. The second-order valence-electron chi connectivity index (χ2n) is 6.32. The lowest BCUT2D eigenvalue weighted by Crippen LogP contribution is -2.24. The fourth-order valence-electron chi connectivity index (χ4n) is 3.04. The first-order valence-corrected chi connectivity index (χ1v) is 9.58. The Hall–Kier alpha value is -2.99.